The van der Waals surface area contributed by atoms with E-state index in [1.54, 1.807) is 18.2 Å². The SMILES string of the molecule is COc1ccccc1COc1ccc2c(=O)c(-c3ccc(Br)cc3)c(C(F)(F)F)oc2c1. The maximum atomic E-state index is 13.8. The molecule has 1 aromatic heterocycles. The van der Waals surface area contributed by atoms with Crippen molar-refractivity contribution < 1.29 is 27.1 Å². The van der Waals surface area contributed by atoms with E-state index in [4.69, 9.17) is 13.9 Å². The summed E-state index contributed by atoms with van der Waals surface area (Å²) in [7, 11) is 1.53. The Kier molecular flexibility index (Phi) is 5.97. The summed E-state index contributed by atoms with van der Waals surface area (Å²) < 4.78 is 58.2. The van der Waals surface area contributed by atoms with Crippen molar-refractivity contribution in [3.63, 3.8) is 0 Å². The zero-order valence-electron chi connectivity index (χ0n) is 16.7. The van der Waals surface area contributed by atoms with E-state index in [1.165, 1.54) is 37.4 Å². The number of methoxy groups -OCH3 is 1. The molecule has 0 unspecified atom stereocenters. The second-order valence-corrected chi connectivity index (χ2v) is 7.81. The van der Waals surface area contributed by atoms with Gasteiger partial charge in [-0.25, -0.2) is 0 Å². The Morgan fingerprint density at radius 2 is 1.72 bits per heavy atom. The van der Waals surface area contributed by atoms with E-state index >= 15 is 0 Å². The summed E-state index contributed by atoms with van der Waals surface area (Å²) in [5, 5.41) is 0.0283. The Hall–Kier alpha value is -3.26. The van der Waals surface area contributed by atoms with Crippen molar-refractivity contribution in [3.05, 3.63) is 92.7 Å². The molecule has 4 aromatic rings. The Morgan fingerprint density at radius 3 is 2.41 bits per heavy atom. The van der Waals surface area contributed by atoms with Gasteiger partial charge in [0.15, 0.2) is 0 Å². The molecule has 0 aliphatic rings. The van der Waals surface area contributed by atoms with Crippen LogP contribution in [-0.4, -0.2) is 7.11 Å². The second kappa shape index (κ2) is 8.70. The molecule has 0 spiro atoms. The highest BCUT2D eigenvalue weighted by Gasteiger charge is 2.39. The van der Waals surface area contributed by atoms with Crippen LogP contribution in [0.2, 0.25) is 0 Å². The fraction of sp³-hybridized carbons (Fsp3) is 0.125. The number of benzene rings is 3. The summed E-state index contributed by atoms with van der Waals surface area (Å²) in [4.78, 5) is 13.0. The highest BCUT2D eigenvalue weighted by atomic mass is 79.9. The second-order valence-electron chi connectivity index (χ2n) is 6.90. The third-order valence-corrected chi connectivity index (χ3v) is 5.37. The van der Waals surface area contributed by atoms with Crippen LogP contribution in [-0.2, 0) is 12.8 Å². The highest BCUT2D eigenvalue weighted by Crippen LogP contribution is 2.38. The molecule has 4 nitrogen and oxygen atoms in total. The van der Waals surface area contributed by atoms with Crippen LogP contribution < -0.4 is 14.9 Å². The summed E-state index contributed by atoms with van der Waals surface area (Å²) in [5.41, 5.74) is -0.621. The first-order valence-corrected chi connectivity index (χ1v) is 10.3. The fourth-order valence-corrected chi connectivity index (χ4v) is 3.59. The number of ether oxygens (including phenoxy) is 2. The molecule has 1 heterocycles. The normalized spacial score (nSPS) is 11.5. The Bertz CT molecular complexity index is 1330. The Labute approximate surface area is 189 Å². The smallest absolute Gasteiger partial charge is 0.450 e. The predicted octanol–water partition coefficient (Wildman–Crippen LogP) is 6.83. The average Bonchev–Trinajstić information content (AvgIpc) is 2.78. The molecule has 164 valence electrons. The molecule has 0 saturated carbocycles. The maximum Gasteiger partial charge on any atom is 0.450 e. The standard InChI is InChI=1S/C24H16BrF3O4/c1-30-19-5-3-2-4-15(19)13-31-17-10-11-18-20(12-17)32-23(24(26,27)28)21(22(18)29)14-6-8-16(25)9-7-14/h2-12H,13H2,1H3. The van der Waals surface area contributed by atoms with Crippen molar-refractivity contribution in [1.29, 1.82) is 0 Å². The first-order chi connectivity index (χ1) is 15.3. The highest BCUT2D eigenvalue weighted by molar-refractivity contribution is 9.10. The van der Waals surface area contributed by atoms with Crippen molar-refractivity contribution in [2.24, 2.45) is 0 Å². The molecular formula is C24H16BrF3O4. The van der Waals surface area contributed by atoms with Gasteiger partial charge in [-0.15, -0.1) is 0 Å². The summed E-state index contributed by atoms with van der Waals surface area (Å²) >= 11 is 3.24. The molecule has 0 saturated heterocycles. The minimum Gasteiger partial charge on any atom is -0.496 e. The van der Waals surface area contributed by atoms with Crippen LogP contribution in [0.4, 0.5) is 13.2 Å². The van der Waals surface area contributed by atoms with E-state index in [0.717, 1.165) is 5.56 Å². The van der Waals surface area contributed by atoms with E-state index in [0.29, 0.717) is 10.2 Å². The number of halogens is 4. The van der Waals surface area contributed by atoms with Crippen LogP contribution in [0.1, 0.15) is 11.3 Å². The van der Waals surface area contributed by atoms with Crippen molar-refractivity contribution >= 4 is 26.9 Å². The number of hydrogen-bond acceptors (Lipinski definition) is 4. The first kappa shape index (κ1) is 22.0. The van der Waals surface area contributed by atoms with Crippen LogP contribution in [0.25, 0.3) is 22.1 Å². The van der Waals surface area contributed by atoms with Crippen LogP contribution in [0.15, 0.2) is 80.4 Å². The number of rotatable bonds is 5. The van der Waals surface area contributed by atoms with Crippen molar-refractivity contribution in [2.75, 3.05) is 7.11 Å². The lowest BCUT2D eigenvalue weighted by molar-refractivity contribution is -0.152. The number of hydrogen-bond donors (Lipinski definition) is 0. The lowest BCUT2D eigenvalue weighted by Crippen LogP contribution is -2.16. The molecule has 0 N–H and O–H groups in total. The van der Waals surface area contributed by atoms with Crippen LogP contribution >= 0.6 is 15.9 Å². The summed E-state index contributed by atoms with van der Waals surface area (Å²) in [6, 6.07) is 17.4. The molecule has 4 rings (SSSR count). The Balaban J connectivity index is 1.78. The zero-order chi connectivity index (χ0) is 22.9. The minimum absolute atomic E-state index is 0.0283. The third kappa shape index (κ3) is 4.36. The molecule has 8 heteroatoms. The van der Waals surface area contributed by atoms with Gasteiger partial charge in [0, 0.05) is 16.1 Å². The van der Waals surface area contributed by atoms with Gasteiger partial charge in [-0.1, -0.05) is 46.3 Å². The predicted molar refractivity (Wildman–Crippen MR) is 118 cm³/mol. The monoisotopic (exact) mass is 504 g/mol. The first-order valence-electron chi connectivity index (χ1n) is 9.46. The van der Waals surface area contributed by atoms with Crippen LogP contribution in [0.3, 0.4) is 0 Å². The molecule has 0 bridgehead atoms. The van der Waals surface area contributed by atoms with Gasteiger partial charge in [-0.05, 0) is 35.9 Å². The number of alkyl halides is 3. The molecule has 0 radical (unpaired) electrons. The minimum atomic E-state index is -4.86. The lowest BCUT2D eigenvalue weighted by Gasteiger charge is -2.14. The zero-order valence-corrected chi connectivity index (χ0v) is 18.3. The van der Waals surface area contributed by atoms with Gasteiger partial charge in [-0.2, -0.15) is 13.2 Å². The molecule has 32 heavy (non-hydrogen) atoms. The van der Waals surface area contributed by atoms with E-state index in [-0.39, 0.29) is 28.9 Å². The molecule has 0 atom stereocenters. The molecule has 3 aromatic carbocycles. The van der Waals surface area contributed by atoms with Gasteiger partial charge in [0.25, 0.3) is 0 Å². The average molecular weight is 505 g/mol. The Morgan fingerprint density at radius 1 is 1.00 bits per heavy atom. The fourth-order valence-electron chi connectivity index (χ4n) is 3.32. The molecule has 0 aliphatic carbocycles. The van der Waals surface area contributed by atoms with Crippen molar-refractivity contribution in [3.8, 4) is 22.6 Å². The van der Waals surface area contributed by atoms with E-state index in [2.05, 4.69) is 15.9 Å². The largest absolute Gasteiger partial charge is 0.496 e. The van der Waals surface area contributed by atoms with Gasteiger partial charge >= 0.3 is 6.18 Å². The van der Waals surface area contributed by atoms with E-state index in [1.807, 2.05) is 18.2 Å². The molecule has 0 aliphatic heterocycles. The van der Waals surface area contributed by atoms with E-state index < -0.39 is 22.9 Å². The summed E-state index contributed by atoms with van der Waals surface area (Å²) in [5.74, 6) is -0.464. The third-order valence-electron chi connectivity index (χ3n) is 4.84. The van der Waals surface area contributed by atoms with Gasteiger partial charge in [0.1, 0.15) is 23.7 Å². The molecule has 0 amide bonds. The summed E-state index contributed by atoms with van der Waals surface area (Å²) in [6.45, 7) is 0.128. The quantitative estimate of drug-likeness (QED) is 0.299. The maximum absolute atomic E-state index is 13.8. The van der Waals surface area contributed by atoms with Gasteiger partial charge in [0.2, 0.25) is 11.2 Å². The van der Waals surface area contributed by atoms with E-state index in [9.17, 15) is 18.0 Å². The molecular weight excluding hydrogens is 489 g/mol. The van der Waals surface area contributed by atoms with Gasteiger partial charge in [-0.3, -0.25) is 4.79 Å². The lowest BCUT2D eigenvalue weighted by atomic mass is 10.0. The van der Waals surface area contributed by atoms with Crippen molar-refractivity contribution in [2.45, 2.75) is 12.8 Å². The number of para-hydroxylation sites is 1. The van der Waals surface area contributed by atoms with Crippen molar-refractivity contribution in [1.82, 2.24) is 0 Å². The van der Waals surface area contributed by atoms with Gasteiger partial charge < -0.3 is 13.9 Å². The van der Waals surface area contributed by atoms with Crippen LogP contribution in [0.5, 0.6) is 11.5 Å². The van der Waals surface area contributed by atoms with Crippen LogP contribution in [0, 0.1) is 0 Å². The molecule has 0 fully saturated rings. The van der Waals surface area contributed by atoms with Gasteiger partial charge in [0.05, 0.1) is 18.1 Å². The summed E-state index contributed by atoms with van der Waals surface area (Å²) in [6.07, 6.45) is -4.86. The number of fused-ring (bicyclic) bond motifs is 1. The topological polar surface area (TPSA) is 48.7 Å².